The molecule has 1 aromatic heterocycles. The minimum absolute atomic E-state index is 0.355. The molecule has 0 spiro atoms. The van der Waals surface area contributed by atoms with Crippen molar-refractivity contribution in [3.63, 3.8) is 0 Å². The number of pyridine rings is 1. The standard InChI is InChI=1S/C15H24N2/c1-12(14-8-4-3-5-9-14)17-13(2)15-10-6-7-11-16-15/h6-7,10-14,17H,3-5,8-9H2,1-2H3. The quantitative estimate of drug-likeness (QED) is 0.856. The van der Waals surface area contributed by atoms with Crippen LogP contribution in [0.15, 0.2) is 24.4 Å². The molecule has 0 bridgehead atoms. The smallest absolute Gasteiger partial charge is 0.0570 e. The molecule has 1 N–H and O–H groups in total. The van der Waals surface area contributed by atoms with Crippen molar-refractivity contribution in [2.24, 2.45) is 5.92 Å². The van der Waals surface area contributed by atoms with Gasteiger partial charge in [0.25, 0.3) is 0 Å². The van der Waals surface area contributed by atoms with Crippen LogP contribution in [0, 0.1) is 5.92 Å². The van der Waals surface area contributed by atoms with Gasteiger partial charge in [-0.15, -0.1) is 0 Å². The van der Waals surface area contributed by atoms with E-state index in [0.717, 1.165) is 11.6 Å². The summed E-state index contributed by atoms with van der Waals surface area (Å²) >= 11 is 0. The molecule has 0 saturated heterocycles. The van der Waals surface area contributed by atoms with E-state index < -0.39 is 0 Å². The van der Waals surface area contributed by atoms with Gasteiger partial charge in [-0.2, -0.15) is 0 Å². The SMILES string of the molecule is CC(NC(C)C1CCCCC1)c1ccccn1. The van der Waals surface area contributed by atoms with E-state index in [1.807, 2.05) is 12.3 Å². The lowest BCUT2D eigenvalue weighted by Crippen LogP contribution is -2.36. The Morgan fingerprint density at radius 2 is 1.94 bits per heavy atom. The number of nitrogens with zero attached hydrogens (tertiary/aromatic N) is 1. The van der Waals surface area contributed by atoms with Gasteiger partial charge in [0, 0.05) is 18.3 Å². The normalized spacial score (nSPS) is 21.1. The van der Waals surface area contributed by atoms with E-state index in [1.165, 1.54) is 32.1 Å². The molecule has 2 rings (SSSR count). The Morgan fingerprint density at radius 3 is 2.59 bits per heavy atom. The first kappa shape index (κ1) is 12.6. The van der Waals surface area contributed by atoms with Gasteiger partial charge in [-0.3, -0.25) is 4.98 Å². The van der Waals surface area contributed by atoms with Crippen molar-refractivity contribution < 1.29 is 0 Å². The lowest BCUT2D eigenvalue weighted by Gasteiger charge is -2.30. The van der Waals surface area contributed by atoms with Crippen LogP contribution in [0.1, 0.15) is 57.7 Å². The first-order chi connectivity index (χ1) is 8.27. The molecule has 1 aliphatic carbocycles. The third-order valence-electron chi connectivity index (χ3n) is 4.00. The Kier molecular flexibility index (Phi) is 4.55. The zero-order valence-corrected chi connectivity index (χ0v) is 11.0. The van der Waals surface area contributed by atoms with Crippen molar-refractivity contribution in [1.82, 2.24) is 10.3 Å². The van der Waals surface area contributed by atoms with Crippen molar-refractivity contribution in [3.8, 4) is 0 Å². The molecule has 17 heavy (non-hydrogen) atoms. The molecular weight excluding hydrogens is 208 g/mol. The molecule has 1 fully saturated rings. The first-order valence-electron chi connectivity index (χ1n) is 6.94. The zero-order valence-electron chi connectivity index (χ0n) is 11.0. The second kappa shape index (κ2) is 6.15. The van der Waals surface area contributed by atoms with Crippen LogP contribution < -0.4 is 5.32 Å². The predicted octanol–water partition coefficient (Wildman–Crippen LogP) is 3.70. The minimum Gasteiger partial charge on any atom is -0.306 e. The van der Waals surface area contributed by atoms with E-state index in [2.05, 4.69) is 36.3 Å². The van der Waals surface area contributed by atoms with E-state index in [0.29, 0.717) is 12.1 Å². The highest BCUT2D eigenvalue weighted by Crippen LogP contribution is 2.27. The van der Waals surface area contributed by atoms with Gasteiger partial charge in [-0.1, -0.05) is 25.3 Å². The highest BCUT2D eigenvalue weighted by atomic mass is 15.0. The molecular formula is C15H24N2. The van der Waals surface area contributed by atoms with Crippen LogP contribution in [-0.2, 0) is 0 Å². The maximum Gasteiger partial charge on any atom is 0.0570 e. The van der Waals surface area contributed by atoms with Crippen LogP contribution in [-0.4, -0.2) is 11.0 Å². The summed E-state index contributed by atoms with van der Waals surface area (Å²) in [5.74, 6) is 0.856. The topological polar surface area (TPSA) is 24.9 Å². The fourth-order valence-electron chi connectivity index (χ4n) is 2.88. The predicted molar refractivity (Wildman–Crippen MR) is 71.8 cm³/mol. The van der Waals surface area contributed by atoms with Crippen molar-refractivity contribution in [2.45, 2.75) is 58.0 Å². The van der Waals surface area contributed by atoms with Gasteiger partial charge in [-0.25, -0.2) is 0 Å². The van der Waals surface area contributed by atoms with Crippen LogP contribution in [0.25, 0.3) is 0 Å². The summed E-state index contributed by atoms with van der Waals surface area (Å²) in [5.41, 5.74) is 1.15. The van der Waals surface area contributed by atoms with Gasteiger partial charge in [0.15, 0.2) is 0 Å². The molecule has 1 aromatic rings. The summed E-state index contributed by atoms with van der Waals surface area (Å²) in [4.78, 5) is 4.41. The Hall–Kier alpha value is -0.890. The van der Waals surface area contributed by atoms with Crippen molar-refractivity contribution in [2.75, 3.05) is 0 Å². The van der Waals surface area contributed by atoms with Crippen LogP contribution in [0.2, 0.25) is 0 Å². The Morgan fingerprint density at radius 1 is 1.18 bits per heavy atom. The van der Waals surface area contributed by atoms with E-state index in [4.69, 9.17) is 0 Å². The van der Waals surface area contributed by atoms with Crippen LogP contribution >= 0.6 is 0 Å². The summed E-state index contributed by atoms with van der Waals surface area (Å²) in [5, 5.41) is 3.70. The van der Waals surface area contributed by atoms with Gasteiger partial charge in [0.05, 0.1) is 5.69 Å². The minimum atomic E-state index is 0.355. The summed E-state index contributed by atoms with van der Waals surface area (Å²) in [7, 11) is 0. The van der Waals surface area contributed by atoms with Crippen molar-refractivity contribution >= 4 is 0 Å². The number of aromatic nitrogens is 1. The molecule has 2 unspecified atom stereocenters. The number of rotatable bonds is 4. The zero-order chi connectivity index (χ0) is 12.1. The molecule has 2 nitrogen and oxygen atoms in total. The molecule has 1 saturated carbocycles. The van der Waals surface area contributed by atoms with Gasteiger partial charge >= 0.3 is 0 Å². The maximum absolute atomic E-state index is 4.41. The van der Waals surface area contributed by atoms with Gasteiger partial charge < -0.3 is 5.32 Å². The highest BCUT2D eigenvalue weighted by molar-refractivity contribution is 5.07. The van der Waals surface area contributed by atoms with Crippen LogP contribution in [0.4, 0.5) is 0 Å². The summed E-state index contributed by atoms with van der Waals surface area (Å²) in [6.45, 7) is 4.54. The summed E-state index contributed by atoms with van der Waals surface area (Å²) < 4.78 is 0. The van der Waals surface area contributed by atoms with Crippen molar-refractivity contribution in [3.05, 3.63) is 30.1 Å². The average molecular weight is 232 g/mol. The molecule has 94 valence electrons. The molecule has 2 heteroatoms. The first-order valence-corrected chi connectivity index (χ1v) is 6.94. The fourth-order valence-corrected chi connectivity index (χ4v) is 2.88. The van der Waals surface area contributed by atoms with E-state index in [9.17, 15) is 0 Å². The lowest BCUT2D eigenvalue weighted by atomic mass is 9.84. The fraction of sp³-hybridized carbons (Fsp3) is 0.667. The van der Waals surface area contributed by atoms with Gasteiger partial charge in [0.2, 0.25) is 0 Å². The number of hydrogen-bond donors (Lipinski definition) is 1. The molecule has 1 heterocycles. The van der Waals surface area contributed by atoms with Gasteiger partial charge in [0.1, 0.15) is 0 Å². The third-order valence-corrected chi connectivity index (χ3v) is 4.00. The molecule has 1 aliphatic rings. The third kappa shape index (κ3) is 3.53. The van der Waals surface area contributed by atoms with Crippen molar-refractivity contribution in [1.29, 1.82) is 0 Å². The lowest BCUT2D eigenvalue weighted by molar-refractivity contribution is 0.267. The van der Waals surface area contributed by atoms with E-state index in [-0.39, 0.29) is 0 Å². The second-order valence-corrected chi connectivity index (χ2v) is 5.33. The Balaban J connectivity index is 1.87. The molecule has 0 aromatic carbocycles. The van der Waals surface area contributed by atoms with Gasteiger partial charge in [-0.05, 0) is 44.7 Å². The second-order valence-electron chi connectivity index (χ2n) is 5.33. The molecule has 0 amide bonds. The Bertz CT molecular complexity index is 317. The largest absolute Gasteiger partial charge is 0.306 e. The maximum atomic E-state index is 4.41. The van der Waals surface area contributed by atoms with Crippen LogP contribution in [0.5, 0.6) is 0 Å². The Labute approximate surface area is 105 Å². The number of nitrogens with one attached hydrogen (secondary N) is 1. The number of hydrogen-bond acceptors (Lipinski definition) is 2. The van der Waals surface area contributed by atoms with E-state index >= 15 is 0 Å². The monoisotopic (exact) mass is 232 g/mol. The van der Waals surface area contributed by atoms with E-state index in [1.54, 1.807) is 0 Å². The highest BCUT2D eigenvalue weighted by Gasteiger charge is 2.21. The summed E-state index contributed by atoms with van der Waals surface area (Å²) in [6, 6.07) is 7.10. The average Bonchev–Trinajstić information content (AvgIpc) is 2.40. The molecule has 0 radical (unpaired) electrons. The molecule has 2 atom stereocenters. The van der Waals surface area contributed by atoms with Crippen LogP contribution in [0.3, 0.4) is 0 Å². The molecule has 0 aliphatic heterocycles. The summed E-state index contributed by atoms with van der Waals surface area (Å²) in [6.07, 6.45) is 8.91.